The second kappa shape index (κ2) is 3.77. The molecule has 0 bridgehead atoms. The molecule has 0 fully saturated rings. The first-order chi connectivity index (χ1) is 8.29. The fourth-order valence-electron chi connectivity index (χ4n) is 2.31. The Morgan fingerprint density at radius 1 is 1.41 bits per heavy atom. The molecule has 0 spiro atoms. The van der Waals surface area contributed by atoms with Crippen LogP contribution in [0.5, 0.6) is 11.5 Å². The van der Waals surface area contributed by atoms with E-state index in [0.717, 1.165) is 17.6 Å². The minimum absolute atomic E-state index is 0.127. The summed E-state index contributed by atoms with van der Waals surface area (Å²) in [6.45, 7) is 0. The van der Waals surface area contributed by atoms with Crippen molar-refractivity contribution in [2.45, 2.75) is 12.3 Å². The number of benzene rings is 1. The van der Waals surface area contributed by atoms with Crippen molar-refractivity contribution >= 4 is 5.97 Å². The predicted molar refractivity (Wildman–Crippen MR) is 63.2 cm³/mol. The SMILES string of the molecule is COc1ccc2c(c1)OC(=O)C1=CC=CC[C@@H]12. The first kappa shape index (κ1) is 10.1. The van der Waals surface area contributed by atoms with Crippen molar-refractivity contribution in [1.29, 1.82) is 0 Å². The van der Waals surface area contributed by atoms with E-state index < -0.39 is 0 Å². The zero-order chi connectivity index (χ0) is 11.8. The van der Waals surface area contributed by atoms with Crippen molar-refractivity contribution in [1.82, 2.24) is 0 Å². The molecule has 3 nitrogen and oxygen atoms in total. The van der Waals surface area contributed by atoms with Crippen molar-refractivity contribution in [3.05, 3.63) is 47.6 Å². The zero-order valence-electron chi connectivity index (χ0n) is 9.47. The Labute approximate surface area is 99.3 Å². The van der Waals surface area contributed by atoms with Crippen LogP contribution in [0.4, 0.5) is 0 Å². The summed E-state index contributed by atoms with van der Waals surface area (Å²) < 4.78 is 10.5. The topological polar surface area (TPSA) is 35.5 Å². The van der Waals surface area contributed by atoms with Gasteiger partial charge in [0.2, 0.25) is 0 Å². The van der Waals surface area contributed by atoms with Gasteiger partial charge in [-0.3, -0.25) is 0 Å². The molecule has 1 aliphatic carbocycles. The Morgan fingerprint density at radius 2 is 2.29 bits per heavy atom. The lowest BCUT2D eigenvalue weighted by Crippen LogP contribution is -2.24. The number of rotatable bonds is 1. The summed E-state index contributed by atoms with van der Waals surface area (Å²) in [5.41, 5.74) is 1.80. The third-order valence-corrected chi connectivity index (χ3v) is 3.19. The molecule has 0 saturated heterocycles. The molecule has 1 heterocycles. The third kappa shape index (κ3) is 1.55. The van der Waals surface area contributed by atoms with E-state index in [2.05, 4.69) is 6.08 Å². The number of esters is 1. The highest BCUT2D eigenvalue weighted by atomic mass is 16.5. The van der Waals surface area contributed by atoms with Crippen LogP contribution >= 0.6 is 0 Å². The van der Waals surface area contributed by atoms with Crippen molar-refractivity contribution in [2.24, 2.45) is 0 Å². The molecule has 17 heavy (non-hydrogen) atoms. The number of carbonyl (C=O) groups is 1. The van der Waals surface area contributed by atoms with Gasteiger partial charge >= 0.3 is 5.97 Å². The number of ether oxygens (including phenoxy) is 2. The van der Waals surface area contributed by atoms with Gasteiger partial charge in [0, 0.05) is 23.1 Å². The van der Waals surface area contributed by atoms with Crippen LogP contribution in [0.25, 0.3) is 0 Å². The minimum Gasteiger partial charge on any atom is -0.497 e. The molecule has 0 aromatic heterocycles. The summed E-state index contributed by atoms with van der Waals surface area (Å²) in [4.78, 5) is 11.8. The Balaban J connectivity index is 2.11. The molecule has 0 saturated carbocycles. The molecule has 1 aliphatic heterocycles. The highest BCUT2D eigenvalue weighted by molar-refractivity contribution is 5.95. The van der Waals surface area contributed by atoms with Gasteiger partial charge in [0.1, 0.15) is 11.5 Å². The van der Waals surface area contributed by atoms with Crippen LogP contribution in [0.15, 0.2) is 42.0 Å². The average Bonchev–Trinajstić information content (AvgIpc) is 2.38. The van der Waals surface area contributed by atoms with Crippen LogP contribution in [0, 0.1) is 0 Å². The van der Waals surface area contributed by atoms with E-state index in [0.29, 0.717) is 11.5 Å². The van der Waals surface area contributed by atoms with E-state index in [4.69, 9.17) is 9.47 Å². The molecule has 1 aromatic carbocycles. The van der Waals surface area contributed by atoms with Crippen LogP contribution in [-0.2, 0) is 4.79 Å². The summed E-state index contributed by atoms with van der Waals surface area (Å²) in [6, 6.07) is 5.63. The van der Waals surface area contributed by atoms with Gasteiger partial charge in [-0.1, -0.05) is 24.3 Å². The summed E-state index contributed by atoms with van der Waals surface area (Å²) in [5, 5.41) is 0. The van der Waals surface area contributed by atoms with Crippen molar-refractivity contribution in [3.8, 4) is 11.5 Å². The highest BCUT2D eigenvalue weighted by Gasteiger charge is 2.32. The van der Waals surface area contributed by atoms with E-state index in [9.17, 15) is 4.79 Å². The van der Waals surface area contributed by atoms with E-state index in [1.807, 2.05) is 24.3 Å². The van der Waals surface area contributed by atoms with E-state index in [-0.39, 0.29) is 11.9 Å². The van der Waals surface area contributed by atoms with E-state index >= 15 is 0 Å². The second-order valence-electron chi connectivity index (χ2n) is 4.13. The van der Waals surface area contributed by atoms with Crippen LogP contribution < -0.4 is 9.47 Å². The van der Waals surface area contributed by atoms with Gasteiger partial charge in [0.05, 0.1) is 7.11 Å². The summed E-state index contributed by atoms with van der Waals surface area (Å²) in [5.74, 6) is 1.20. The lowest BCUT2D eigenvalue weighted by Gasteiger charge is -2.27. The lowest BCUT2D eigenvalue weighted by atomic mass is 9.83. The predicted octanol–water partition coefficient (Wildman–Crippen LogP) is 2.58. The van der Waals surface area contributed by atoms with E-state index in [1.54, 1.807) is 13.2 Å². The number of methoxy groups -OCH3 is 1. The van der Waals surface area contributed by atoms with Gasteiger partial charge in [-0.05, 0) is 12.5 Å². The maximum absolute atomic E-state index is 11.8. The molecule has 0 N–H and O–H groups in total. The molecule has 1 atom stereocenters. The summed E-state index contributed by atoms with van der Waals surface area (Å²) >= 11 is 0. The first-order valence-corrected chi connectivity index (χ1v) is 5.56. The van der Waals surface area contributed by atoms with Crippen LogP contribution in [-0.4, -0.2) is 13.1 Å². The Hall–Kier alpha value is -2.03. The molecule has 3 heteroatoms. The Morgan fingerprint density at radius 3 is 3.12 bits per heavy atom. The van der Waals surface area contributed by atoms with Crippen LogP contribution in [0.1, 0.15) is 17.9 Å². The molecule has 2 aliphatic rings. The van der Waals surface area contributed by atoms with E-state index in [1.165, 1.54) is 0 Å². The lowest BCUT2D eigenvalue weighted by molar-refractivity contribution is -0.131. The fourth-order valence-corrected chi connectivity index (χ4v) is 2.31. The van der Waals surface area contributed by atoms with Gasteiger partial charge in [0.15, 0.2) is 0 Å². The maximum atomic E-state index is 11.8. The highest BCUT2D eigenvalue weighted by Crippen LogP contribution is 2.42. The molecule has 0 unspecified atom stereocenters. The molecule has 3 rings (SSSR count). The van der Waals surface area contributed by atoms with Gasteiger partial charge in [-0.2, -0.15) is 0 Å². The second-order valence-corrected chi connectivity index (χ2v) is 4.13. The average molecular weight is 228 g/mol. The van der Waals surface area contributed by atoms with Crippen LogP contribution in [0.3, 0.4) is 0 Å². The minimum atomic E-state index is -0.250. The normalized spacial score (nSPS) is 21.1. The van der Waals surface area contributed by atoms with Gasteiger partial charge < -0.3 is 9.47 Å². The van der Waals surface area contributed by atoms with Crippen LogP contribution in [0.2, 0.25) is 0 Å². The number of hydrogen-bond donors (Lipinski definition) is 0. The van der Waals surface area contributed by atoms with Crippen molar-refractivity contribution < 1.29 is 14.3 Å². The number of allylic oxidation sites excluding steroid dienone is 3. The smallest absolute Gasteiger partial charge is 0.340 e. The summed E-state index contributed by atoms with van der Waals surface area (Å²) in [7, 11) is 1.60. The van der Waals surface area contributed by atoms with Gasteiger partial charge in [-0.25, -0.2) is 4.79 Å². The zero-order valence-corrected chi connectivity index (χ0v) is 9.47. The molecular weight excluding hydrogens is 216 g/mol. The third-order valence-electron chi connectivity index (χ3n) is 3.19. The molecular formula is C14H12O3. The van der Waals surface area contributed by atoms with Crippen molar-refractivity contribution in [2.75, 3.05) is 7.11 Å². The number of fused-ring (bicyclic) bond motifs is 3. The molecule has 0 amide bonds. The Bertz CT molecular complexity index is 540. The molecule has 0 radical (unpaired) electrons. The van der Waals surface area contributed by atoms with Gasteiger partial charge in [0.25, 0.3) is 0 Å². The quantitative estimate of drug-likeness (QED) is 0.547. The number of carbonyl (C=O) groups excluding carboxylic acids is 1. The largest absolute Gasteiger partial charge is 0.497 e. The molecule has 1 aromatic rings. The standard InChI is InChI=1S/C14H12O3/c1-16-9-6-7-11-10-4-2-3-5-12(10)14(15)17-13(11)8-9/h2-3,5-8,10H,4H2,1H3/t10-/m1/s1. The monoisotopic (exact) mass is 228 g/mol. The molecule has 86 valence electrons. The Kier molecular flexibility index (Phi) is 2.25. The maximum Gasteiger partial charge on any atom is 0.340 e. The number of hydrogen-bond acceptors (Lipinski definition) is 3. The summed E-state index contributed by atoms with van der Waals surface area (Å²) in [6.07, 6.45) is 6.66. The fraction of sp³-hybridized carbons (Fsp3) is 0.214. The van der Waals surface area contributed by atoms with Gasteiger partial charge in [-0.15, -0.1) is 0 Å². The van der Waals surface area contributed by atoms with Crippen molar-refractivity contribution in [3.63, 3.8) is 0 Å². The first-order valence-electron chi connectivity index (χ1n) is 5.56.